The normalized spacial score (nSPS) is 16.1. The summed E-state index contributed by atoms with van der Waals surface area (Å²) in [6.07, 6.45) is 3.61. The van der Waals surface area contributed by atoms with Crippen LogP contribution in [0, 0.1) is 11.7 Å². The number of hydrogen-bond acceptors (Lipinski definition) is 5. The van der Waals surface area contributed by atoms with E-state index in [9.17, 15) is 9.18 Å². The Morgan fingerprint density at radius 2 is 1.73 bits per heavy atom. The van der Waals surface area contributed by atoms with E-state index in [-0.39, 0.29) is 17.6 Å². The van der Waals surface area contributed by atoms with Gasteiger partial charge in [0.05, 0.1) is 0 Å². The molecule has 1 saturated heterocycles. The first-order valence-corrected chi connectivity index (χ1v) is 13.9. The average Bonchev–Trinajstić information content (AvgIpc) is 3.81. The highest BCUT2D eigenvalue weighted by molar-refractivity contribution is 5.96. The third kappa shape index (κ3) is 6.06. The van der Waals surface area contributed by atoms with Crippen molar-refractivity contribution in [2.75, 3.05) is 43.9 Å². The van der Waals surface area contributed by atoms with Gasteiger partial charge in [-0.1, -0.05) is 43.0 Å². The van der Waals surface area contributed by atoms with Gasteiger partial charge in [-0.3, -0.25) is 9.69 Å². The van der Waals surface area contributed by atoms with E-state index >= 15 is 0 Å². The SMILES string of the molecule is C=C(Nc1ccc(F)c(-c2ccc3cc(NC(=O)C4CC4)ncc3c2)c1)c1ccc(CN2CCN(C)CC2)cc1. The molecule has 1 amide bonds. The molecule has 7 heteroatoms. The molecule has 1 saturated carbocycles. The molecule has 2 fully saturated rings. The smallest absolute Gasteiger partial charge is 0.228 e. The summed E-state index contributed by atoms with van der Waals surface area (Å²) in [6, 6.07) is 21.1. The van der Waals surface area contributed by atoms with Crippen molar-refractivity contribution in [2.45, 2.75) is 19.4 Å². The lowest BCUT2D eigenvalue weighted by molar-refractivity contribution is -0.117. The number of anilines is 2. The Hall–Kier alpha value is -4.07. The van der Waals surface area contributed by atoms with Crippen LogP contribution < -0.4 is 10.6 Å². The summed E-state index contributed by atoms with van der Waals surface area (Å²) in [4.78, 5) is 21.3. The summed E-state index contributed by atoms with van der Waals surface area (Å²) in [5.41, 5.74) is 5.05. The molecule has 1 aromatic heterocycles. The van der Waals surface area contributed by atoms with Crippen molar-refractivity contribution in [1.29, 1.82) is 0 Å². The molecule has 4 aromatic rings. The number of nitrogens with zero attached hydrogens (tertiary/aromatic N) is 3. The molecular weight excluding hydrogens is 501 g/mol. The number of hydrogen-bond donors (Lipinski definition) is 2. The standard InChI is InChI=1S/C33H34FN5O/c1-22(24-5-3-23(4-6-24)21-39-15-13-38(2)14-16-39)36-29-11-12-31(34)30(19-29)27-10-9-26-18-32(35-20-28(26)17-27)37-33(40)25-7-8-25/h3-6,9-12,17-20,25,36H,1,7-8,13-16,21H2,2H3,(H,35,37,40). The van der Waals surface area contributed by atoms with Crippen LogP contribution in [0.25, 0.3) is 27.6 Å². The minimum atomic E-state index is -0.301. The summed E-state index contributed by atoms with van der Waals surface area (Å²) in [5, 5.41) is 8.04. The lowest BCUT2D eigenvalue weighted by Gasteiger charge is -2.32. The predicted molar refractivity (Wildman–Crippen MR) is 160 cm³/mol. The average molecular weight is 536 g/mol. The predicted octanol–water partition coefficient (Wildman–Crippen LogP) is 6.22. The first-order chi connectivity index (χ1) is 19.4. The maximum absolute atomic E-state index is 14.9. The zero-order valence-corrected chi connectivity index (χ0v) is 22.8. The highest BCUT2D eigenvalue weighted by Gasteiger charge is 2.29. The van der Waals surface area contributed by atoms with E-state index in [1.807, 2.05) is 24.3 Å². The van der Waals surface area contributed by atoms with Gasteiger partial charge in [-0.2, -0.15) is 0 Å². The summed E-state index contributed by atoms with van der Waals surface area (Å²) >= 11 is 0. The Morgan fingerprint density at radius 1 is 0.950 bits per heavy atom. The molecule has 0 unspecified atom stereocenters. The van der Waals surface area contributed by atoms with E-state index in [0.29, 0.717) is 11.4 Å². The molecule has 6 rings (SSSR count). The van der Waals surface area contributed by atoms with E-state index < -0.39 is 0 Å². The van der Waals surface area contributed by atoms with Crippen molar-refractivity contribution in [1.82, 2.24) is 14.8 Å². The van der Waals surface area contributed by atoms with Crippen LogP contribution in [-0.2, 0) is 11.3 Å². The van der Waals surface area contributed by atoms with Crippen molar-refractivity contribution in [2.24, 2.45) is 5.92 Å². The number of nitrogens with one attached hydrogen (secondary N) is 2. The molecule has 2 N–H and O–H groups in total. The Balaban J connectivity index is 1.14. The van der Waals surface area contributed by atoms with Crippen LogP contribution in [0.5, 0.6) is 0 Å². The van der Waals surface area contributed by atoms with Gasteiger partial charge in [0.2, 0.25) is 5.91 Å². The quantitative estimate of drug-likeness (QED) is 0.281. The Bertz CT molecular complexity index is 1560. The van der Waals surface area contributed by atoms with Crippen molar-refractivity contribution >= 4 is 33.9 Å². The fraction of sp³-hybridized carbons (Fsp3) is 0.273. The minimum Gasteiger partial charge on any atom is -0.356 e. The molecule has 2 aliphatic rings. The van der Waals surface area contributed by atoms with Gasteiger partial charge in [-0.25, -0.2) is 9.37 Å². The third-order valence-corrected chi connectivity index (χ3v) is 7.80. The summed E-state index contributed by atoms with van der Waals surface area (Å²) in [7, 11) is 2.17. The number of amides is 1. The number of halogens is 1. The van der Waals surface area contributed by atoms with E-state index in [0.717, 1.165) is 78.8 Å². The van der Waals surface area contributed by atoms with Gasteiger partial charge >= 0.3 is 0 Å². The van der Waals surface area contributed by atoms with Crippen LogP contribution in [0.3, 0.4) is 0 Å². The lowest BCUT2D eigenvalue weighted by Crippen LogP contribution is -2.43. The van der Waals surface area contributed by atoms with Gasteiger partial charge in [0.25, 0.3) is 0 Å². The molecule has 0 spiro atoms. The highest BCUT2D eigenvalue weighted by atomic mass is 19.1. The highest BCUT2D eigenvalue weighted by Crippen LogP contribution is 2.32. The van der Waals surface area contributed by atoms with Gasteiger partial charge in [-0.05, 0) is 72.3 Å². The third-order valence-electron chi connectivity index (χ3n) is 7.80. The number of likely N-dealkylation sites (N-methyl/N-ethyl adjacent to an activating group) is 1. The number of rotatable bonds is 8. The van der Waals surface area contributed by atoms with E-state index in [2.05, 4.69) is 63.3 Å². The number of benzene rings is 3. The fourth-order valence-corrected chi connectivity index (χ4v) is 5.10. The van der Waals surface area contributed by atoms with Gasteiger partial charge < -0.3 is 15.5 Å². The van der Waals surface area contributed by atoms with Gasteiger partial charge in [0.15, 0.2) is 0 Å². The van der Waals surface area contributed by atoms with Crippen LogP contribution in [-0.4, -0.2) is 53.9 Å². The molecule has 0 atom stereocenters. The zero-order valence-electron chi connectivity index (χ0n) is 22.8. The Morgan fingerprint density at radius 3 is 2.48 bits per heavy atom. The Kier molecular flexibility index (Phi) is 7.32. The lowest BCUT2D eigenvalue weighted by atomic mass is 10.0. The van der Waals surface area contributed by atoms with Crippen LogP contribution in [0.15, 0.2) is 79.5 Å². The zero-order chi connectivity index (χ0) is 27.6. The van der Waals surface area contributed by atoms with Crippen LogP contribution in [0.4, 0.5) is 15.9 Å². The maximum Gasteiger partial charge on any atom is 0.228 e. The molecule has 1 aliphatic heterocycles. The summed E-state index contributed by atoms with van der Waals surface area (Å²) in [5.74, 6) is 0.384. The van der Waals surface area contributed by atoms with Gasteiger partial charge in [-0.15, -0.1) is 0 Å². The molecule has 6 nitrogen and oxygen atoms in total. The molecule has 0 radical (unpaired) electrons. The number of carbonyl (C=O) groups excluding carboxylic acids is 1. The van der Waals surface area contributed by atoms with Gasteiger partial charge in [0.1, 0.15) is 11.6 Å². The van der Waals surface area contributed by atoms with Crippen LogP contribution in [0.1, 0.15) is 24.0 Å². The van der Waals surface area contributed by atoms with Crippen LogP contribution >= 0.6 is 0 Å². The maximum atomic E-state index is 14.9. The van der Waals surface area contributed by atoms with E-state index in [1.165, 1.54) is 11.6 Å². The first-order valence-electron chi connectivity index (χ1n) is 13.9. The molecule has 40 heavy (non-hydrogen) atoms. The molecular formula is C33H34FN5O. The topological polar surface area (TPSA) is 60.5 Å². The molecule has 204 valence electrons. The summed E-state index contributed by atoms with van der Waals surface area (Å²) in [6.45, 7) is 9.57. The minimum absolute atomic E-state index is 0.0260. The number of carbonyl (C=O) groups is 1. The monoisotopic (exact) mass is 535 g/mol. The molecule has 1 aliphatic carbocycles. The van der Waals surface area contributed by atoms with Gasteiger partial charge in [0, 0.05) is 67.2 Å². The largest absolute Gasteiger partial charge is 0.356 e. The number of fused-ring (bicyclic) bond motifs is 1. The Labute approximate surface area is 234 Å². The van der Waals surface area contributed by atoms with Crippen molar-refractivity contribution in [3.63, 3.8) is 0 Å². The second-order valence-corrected chi connectivity index (χ2v) is 11.0. The first kappa shape index (κ1) is 26.2. The molecule has 2 heterocycles. The number of pyridine rings is 1. The van der Waals surface area contributed by atoms with Crippen molar-refractivity contribution in [3.05, 3.63) is 96.4 Å². The second-order valence-electron chi connectivity index (χ2n) is 11.0. The van der Waals surface area contributed by atoms with Crippen molar-refractivity contribution < 1.29 is 9.18 Å². The van der Waals surface area contributed by atoms with E-state index in [1.54, 1.807) is 18.3 Å². The fourth-order valence-electron chi connectivity index (χ4n) is 5.10. The summed E-state index contributed by atoms with van der Waals surface area (Å²) < 4.78 is 14.9. The molecule has 0 bridgehead atoms. The van der Waals surface area contributed by atoms with E-state index in [4.69, 9.17) is 0 Å². The number of piperazine rings is 1. The van der Waals surface area contributed by atoms with Crippen molar-refractivity contribution in [3.8, 4) is 11.1 Å². The number of aromatic nitrogens is 1. The second kappa shape index (κ2) is 11.2. The molecule has 3 aromatic carbocycles. The van der Waals surface area contributed by atoms with Crippen LogP contribution in [0.2, 0.25) is 0 Å².